The number of carbonyl (C=O) groups is 1. The minimum Gasteiger partial charge on any atom is -0.450 e. The van der Waals surface area contributed by atoms with Gasteiger partial charge in [0.25, 0.3) is 11.6 Å². The van der Waals surface area contributed by atoms with Gasteiger partial charge in [-0.05, 0) is 24.6 Å². The van der Waals surface area contributed by atoms with Crippen molar-refractivity contribution in [3.8, 4) is 0 Å². The molecule has 0 saturated carbocycles. The number of benzene rings is 2. The van der Waals surface area contributed by atoms with Gasteiger partial charge in [-0.3, -0.25) is 19.7 Å². The zero-order valence-corrected chi connectivity index (χ0v) is 14.9. The third-order valence-electron chi connectivity index (χ3n) is 4.86. The molecule has 1 aliphatic rings. The molecule has 2 heterocycles. The molecule has 0 unspecified atom stereocenters. The summed E-state index contributed by atoms with van der Waals surface area (Å²) in [7, 11) is 0. The fourth-order valence-electron chi connectivity index (χ4n) is 3.63. The Morgan fingerprint density at radius 2 is 2.00 bits per heavy atom. The zero-order chi connectivity index (χ0) is 20.0. The minimum atomic E-state index is -0.865. The molecule has 1 amide bonds. The standard InChI is InChI=1S/C20H16N2O6/c1-11-5-6-15-14(9-11)18(24)16-17(12-3-2-4-13(10-12)22(26)27)21(7-8-23)20(25)19(16)28-15/h2-6,9-10,17,23H,7-8H2,1H3/t17-/m0/s1. The van der Waals surface area contributed by atoms with Crippen molar-refractivity contribution >= 4 is 22.6 Å². The van der Waals surface area contributed by atoms with Gasteiger partial charge in [0.1, 0.15) is 5.58 Å². The summed E-state index contributed by atoms with van der Waals surface area (Å²) < 4.78 is 5.75. The summed E-state index contributed by atoms with van der Waals surface area (Å²) in [6, 6.07) is 10.0. The molecule has 8 nitrogen and oxygen atoms in total. The van der Waals surface area contributed by atoms with E-state index in [2.05, 4.69) is 0 Å². The number of nitrogens with zero attached hydrogens (tertiary/aromatic N) is 2. The van der Waals surface area contributed by atoms with Crippen LogP contribution < -0.4 is 5.43 Å². The molecule has 1 aromatic heterocycles. The fourth-order valence-corrected chi connectivity index (χ4v) is 3.63. The highest BCUT2D eigenvalue weighted by Gasteiger charge is 2.42. The Balaban J connectivity index is 2.01. The van der Waals surface area contributed by atoms with Crippen LogP contribution in [0.2, 0.25) is 0 Å². The van der Waals surface area contributed by atoms with E-state index >= 15 is 0 Å². The molecule has 2 aromatic carbocycles. The van der Waals surface area contributed by atoms with Crippen molar-refractivity contribution in [2.24, 2.45) is 0 Å². The van der Waals surface area contributed by atoms with E-state index in [0.29, 0.717) is 16.5 Å². The van der Waals surface area contributed by atoms with Gasteiger partial charge in [-0.2, -0.15) is 0 Å². The number of hydrogen-bond acceptors (Lipinski definition) is 6. The number of amides is 1. The molecule has 0 aliphatic carbocycles. The maximum absolute atomic E-state index is 13.2. The zero-order valence-electron chi connectivity index (χ0n) is 14.9. The fraction of sp³-hybridized carbons (Fsp3) is 0.200. The number of aliphatic hydroxyl groups excluding tert-OH is 1. The van der Waals surface area contributed by atoms with Crippen molar-refractivity contribution in [1.82, 2.24) is 4.90 Å². The molecule has 0 bridgehead atoms. The summed E-state index contributed by atoms with van der Waals surface area (Å²) >= 11 is 0. The van der Waals surface area contributed by atoms with Gasteiger partial charge in [0.2, 0.25) is 5.76 Å². The quantitative estimate of drug-likeness (QED) is 0.550. The lowest BCUT2D eigenvalue weighted by Gasteiger charge is -2.24. The summed E-state index contributed by atoms with van der Waals surface area (Å²) in [5.74, 6) is -0.619. The van der Waals surface area contributed by atoms with Crippen molar-refractivity contribution in [2.75, 3.05) is 13.2 Å². The summed E-state index contributed by atoms with van der Waals surface area (Å²) in [6.45, 7) is 1.48. The van der Waals surface area contributed by atoms with E-state index in [1.807, 2.05) is 6.92 Å². The molecule has 0 saturated heterocycles. The number of nitro groups is 1. The summed E-state index contributed by atoms with van der Waals surface area (Å²) in [5, 5.41) is 20.9. The molecule has 3 aromatic rings. The third kappa shape index (κ3) is 2.66. The second kappa shape index (κ2) is 6.58. The Bertz CT molecular complexity index is 1180. The van der Waals surface area contributed by atoms with Crippen LogP contribution in [0.15, 0.2) is 51.7 Å². The first-order chi connectivity index (χ1) is 13.4. The summed E-state index contributed by atoms with van der Waals surface area (Å²) in [6.07, 6.45) is 0. The first-order valence-electron chi connectivity index (χ1n) is 8.66. The van der Waals surface area contributed by atoms with Crippen molar-refractivity contribution in [3.05, 3.63) is 85.3 Å². The lowest BCUT2D eigenvalue weighted by Crippen LogP contribution is -2.32. The maximum Gasteiger partial charge on any atom is 0.290 e. The Labute approximate surface area is 158 Å². The number of fused-ring (bicyclic) bond motifs is 2. The van der Waals surface area contributed by atoms with Crippen LogP contribution >= 0.6 is 0 Å². The Morgan fingerprint density at radius 3 is 2.71 bits per heavy atom. The molecule has 142 valence electrons. The van der Waals surface area contributed by atoms with E-state index in [9.17, 15) is 24.8 Å². The molecule has 0 radical (unpaired) electrons. The molecule has 28 heavy (non-hydrogen) atoms. The van der Waals surface area contributed by atoms with Crippen LogP contribution in [-0.2, 0) is 0 Å². The van der Waals surface area contributed by atoms with Crippen LogP contribution in [-0.4, -0.2) is 34.0 Å². The topological polar surface area (TPSA) is 114 Å². The number of non-ortho nitro benzene ring substituents is 1. The normalized spacial score (nSPS) is 15.9. The first kappa shape index (κ1) is 17.9. The van der Waals surface area contributed by atoms with E-state index < -0.39 is 16.9 Å². The molecule has 0 spiro atoms. The predicted molar refractivity (Wildman–Crippen MR) is 100 cm³/mol. The maximum atomic E-state index is 13.2. The molecule has 4 rings (SSSR count). The molecular formula is C20H16N2O6. The number of carbonyl (C=O) groups excluding carboxylic acids is 1. The van der Waals surface area contributed by atoms with Gasteiger partial charge in [0, 0.05) is 18.7 Å². The number of hydrogen-bond donors (Lipinski definition) is 1. The van der Waals surface area contributed by atoms with Gasteiger partial charge >= 0.3 is 0 Å². The average Bonchev–Trinajstić information content (AvgIpc) is 2.95. The Kier molecular flexibility index (Phi) is 4.20. The summed E-state index contributed by atoms with van der Waals surface area (Å²) in [4.78, 5) is 38.1. The van der Waals surface area contributed by atoms with Gasteiger partial charge < -0.3 is 14.4 Å². The number of aryl methyl sites for hydroxylation is 1. The molecule has 1 N–H and O–H groups in total. The molecular weight excluding hydrogens is 364 g/mol. The second-order valence-corrected chi connectivity index (χ2v) is 6.65. The number of β-amino-alcohol motifs (C(OH)–C–C–N with tert-alkyl or cyclic N) is 1. The predicted octanol–water partition coefficient (Wildman–Crippen LogP) is 2.55. The highest BCUT2D eigenvalue weighted by Crippen LogP contribution is 2.38. The van der Waals surface area contributed by atoms with E-state index in [1.165, 1.54) is 23.1 Å². The van der Waals surface area contributed by atoms with Crippen LogP contribution in [0.4, 0.5) is 5.69 Å². The first-order valence-corrected chi connectivity index (χ1v) is 8.66. The van der Waals surface area contributed by atoms with E-state index in [4.69, 9.17) is 4.42 Å². The SMILES string of the molecule is Cc1ccc2oc3c(c(=O)c2c1)[C@H](c1cccc([N+](=O)[O-])c1)N(CCO)C3=O. The third-order valence-corrected chi connectivity index (χ3v) is 4.86. The van der Waals surface area contributed by atoms with Gasteiger partial charge in [-0.15, -0.1) is 0 Å². The van der Waals surface area contributed by atoms with Crippen LogP contribution in [0.1, 0.15) is 33.3 Å². The second-order valence-electron chi connectivity index (χ2n) is 6.65. The Hall–Kier alpha value is -3.52. The van der Waals surface area contributed by atoms with E-state index in [1.54, 1.807) is 24.3 Å². The lowest BCUT2D eigenvalue weighted by atomic mass is 9.98. The van der Waals surface area contributed by atoms with Crippen molar-refractivity contribution in [1.29, 1.82) is 0 Å². The molecule has 0 fully saturated rings. The van der Waals surface area contributed by atoms with Crippen LogP contribution in [0.3, 0.4) is 0 Å². The lowest BCUT2D eigenvalue weighted by molar-refractivity contribution is -0.384. The van der Waals surface area contributed by atoms with Gasteiger partial charge in [0.15, 0.2) is 5.43 Å². The number of aliphatic hydroxyl groups is 1. The molecule has 1 aliphatic heterocycles. The average molecular weight is 380 g/mol. The van der Waals surface area contributed by atoms with Gasteiger partial charge in [-0.1, -0.05) is 23.8 Å². The smallest absolute Gasteiger partial charge is 0.290 e. The summed E-state index contributed by atoms with van der Waals surface area (Å²) in [5.41, 5.74) is 1.20. The highest BCUT2D eigenvalue weighted by molar-refractivity contribution is 5.99. The number of nitro benzene ring substituents is 1. The minimum absolute atomic E-state index is 0.0365. The van der Waals surface area contributed by atoms with Crippen molar-refractivity contribution in [3.63, 3.8) is 0 Å². The number of rotatable bonds is 4. The van der Waals surface area contributed by atoms with Gasteiger partial charge in [0.05, 0.1) is 28.5 Å². The monoisotopic (exact) mass is 380 g/mol. The van der Waals surface area contributed by atoms with Crippen molar-refractivity contribution in [2.45, 2.75) is 13.0 Å². The highest BCUT2D eigenvalue weighted by atomic mass is 16.6. The van der Waals surface area contributed by atoms with E-state index in [-0.39, 0.29) is 35.6 Å². The largest absolute Gasteiger partial charge is 0.450 e. The molecule has 1 atom stereocenters. The van der Waals surface area contributed by atoms with Crippen LogP contribution in [0.5, 0.6) is 0 Å². The van der Waals surface area contributed by atoms with E-state index in [0.717, 1.165) is 5.56 Å². The van der Waals surface area contributed by atoms with Crippen LogP contribution in [0.25, 0.3) is 11.0 Å². The van der Waals surface area contributed by atoms with Crippen LogP contribution in [0, 0.1) is 17.0 Å². The van der Waals surface area contributed by atoms with Crippen molar-refractivity contribution < 1.29 is 19.2 Å². The Morgan fingerprint density at radius 1 is 1.21 bits per heavy atom. The van der Waals surface area contributed by atoms with Gasteiger partial charge in [-0.25, -0.2) is 0 Å². The molecule has 8 heteroatoms.